The molecule has 0 saturated carbocycles. The molecule has 0 aliphatic rings. The lowest BCUT2D eigenvalue weighted by molar-refractivity contribution is 0.0932. The molecule has 0 saturated heterocycles. The van der Waals surface area contributed by atoms with Gasteiger partial charge in [-0.3, -0.25) is 4.79 Å². The lowest BCUT2D eigenvalue weighted by Crippen LogP contribution is -2.31. The van der Waals surface area contributed by atoms with E-state index in [1.165, 1.54) is 12.1 Å². The molecule has 0 heterocycles. The van der Waals surface area contributed by atoms with Crippen molar-refractivity contribution in [2.24, 2.45) is 0 Å². The van der Waals surface area contributed by atoms with Crippen LogP contribution in [0.1, 0.15) is 33.9 Å². The molecule has 2 aromatic carbocycles. The predicted molar refractivity (Wildman–Crippen MR) is 91.0 cm³/mol. The van der Waals surface area contributed by atoms with Crippen molar-refractivity contribution < 1.29 is 9.18 Å². The monoisotopic (exact) mass is 314 g/mol. The zero-order valence-corrected chi connectivity index (χ0v) is 13.8. The van der Waals surface area contributed by atoms with Crippen LogP contribution in [0.4, 0.5) is 4.39 Å². The first kappa shape index (κ1) is 17.2. The fourth-order valence-corrected chi connectivity index (χ4v) is 2.47. The van der Waals surface area contributed by atoms with Gasteiger partial charge in [0.25, 0.3) is 5.91 Å². The maximum absolute atomic E-state index is 13.1. The molecule has 4 heteroatoms. The Labute approximate surface area is 137 Å². The summed E-state index contributed by atoms with van der Waals surface area (Å²) in [4.78, 5) is 14.6. The van der Waals surface area contributed by atoms with Crippen molar-refractivity contribution in [1.82, 2.24) is 10.2 Å². The summed E-state index contributed by atoms with van der Waals surface area (Å²) in [7, 11) is 3.98. The largest absolute Gasteiger partial charge is 0.345 e. The molecule has 1 N–H and O–H groups in total. The van der Waals surface area contributed by atoms with Crippen molar-refractivity contribution in [3.8, 4) is 0 Å². The Kier molecular flexibility index (Phi) is 5.88. The summed E-state index contributed by atoms with van der Waals surface area (Å²) < 4.78 is 13.1. The summed E-state index contributed by atoms with van der Waals surface area (Å²) in [6.07, 6.45) is 0.760. The van der Waals surface area contributed by atoms with E-state index in [4.69, 9.17) is 0 Å². The van der Waals surface area contributed by atoms with Crippen LogP contribution in [0, 0.1) is 12.7 Å². The highest BCUT2D eigenvalue weighted by atomic mass is 19.1. The van der Waals surface area contributed by atoms with Gasteiger partial charge in [-0.05, 0) is 63.3 Å². The van der Waals surface area contributed by atoms with E-state index >= 15 is 0 Å². The Morgan fingerprint density at radius 2 is 1.78 bits per heavy atom. The number of nitrogens with zero attached hydrogens (tertiary/aromatic N) is 1. The van der Waals surface area contributed by atoms with Crippen LogP contribution in [0.5, 0.6) is 0 Å². The van der Waals surface area contributed by atoms with E-state index in [-0.39, 0.29) is 17.8 Å². The first-order chi connectivity index (χ1) is 11.0. The van der Waals surface area contributed by atoms with Gasteiger partial charge in [-0.25, -0.2) is 4.39 Å². The third-order valence-electron chi connectivity index (χ3n) is 3.83. The molecule has 1 atom stereocenters. The maximum atomic E-state index is 13.1. The van der Waals surface area contributed by atoms with E-state index in [2.05, 4.69) is 10.2 Å². The number of aryl methyl sites for hydroxylation is 1. The molecule has 23 heavy (non-hydrogen) atoms. The molecular weight excluding hydrogens is 291 g/mol. The summed E-state index contributed by atoms with van der Waals surface area (Å²) in [5.74, 6) is -0.374. The molecule has 3 nitrogen and oxygen atoms in total. The highest BCUT2D eigenvalue weighted by Crippen LogP contribution is 2.19. The summed E-state index contributed by atoms with van der Waals surface area (Å²) in [6, 6.07) is 13.7. The normalized spacial score (nSPS) is 12.2. The van der Waals surface area contributed by atoms with Gasteiger partial charge in [0.2, 0.25) is 0 Å². The maximum Gasteiger partial charge on any atom is 0.252 e. The highest BCUT2D eigenvalue weighted by molar-refractivity contribution is 5.95. The number of hydrogen-bond acceptors (Lipinski definition) is 2. The van der Waals surface area contributed by atoms with Crippen molar-refractivity contribution in [2.75, 3.05) is 20.6 Å². The molecule has 0 aliphatic heterocycles. The van der Waals surface area contributed by atoms with Crippen LogP contribution in [0.25, 0.3) is 0 Å². The van der Waals surface area contributed by atoms with Gasteiger partial charge in [0.15, 0.2) is 0 Å². The first-order valence-corrected chi connectivity index (χ1v) is 7.74. The number of hydrogen-bond donors (Lipinski definition) is 1. The van der Waals surface area contributed by atoms with Gasteiger partial charge < -0.3 is 10.2 Å². The Bertz CT molecular complexity index is 653. The lowest BCUT2D eigenvalue weighted by Gasteiger charge is -2.22. The number of carbonyl (C=O) groups excluding carboxylic acids is 1. The summed E-state index contributed by atoms with van der Waals surface area (Å²) in [6.45, 7) is 2.75. The van der Waals surface area contributed by atoms with E-state index < -0.39 is 0 Å². The quantitative estimate of drug-likeness (QED) is 0.884. The molecule has 0 spiro atoms. The van der Waals surface area contributed by atoms with Crippen LogP contribution < -0.4 is 5.32 Å². The Balaban J connectivity index is 2.18. The van der Waals surface area contributed by atoms with Crippen LogP contribution in [-0.2, 0) is 0 Å². The van der Waals surface area contributed by atoms with Gasteiger partial charge in [-0.1, -0.05) is 30.3 Å². The van der Waals surface area contributed by atoms with Crippen molar-refractivity contribution in [1.29, 1.82) is 0 Å². The smallest absolute Gasteiger partial charge is 0.252 e. The van der Waals surface area contributed by atoms with Crippen molar-refractivity contribution in [2.45, 2.75) is 19.4 Å². The Morgan fingerprint density at radius 3 is 2.39 bits per heavy atom. The van der Waals surface area contributed by atoms with Crippen molar-refractivity contribution >= 4 is 5.91 Å². The fraction of sp³-hybridized carbons (Fsp3) is 0.316. The van der Waals surface area contributed by atoms with Crippen molar-refractivity contribution in [3.63, 3.8) is 0 Å². The van der Waals surface area contributed by atoms with Crippen LogP contribution >= 0.6 is 0 Å². The van der Waals surface area contributed by atoms with Gasteiger partial charge >= 0.3 is 0 Å². The van der Waals surface area contributed by atoms with Crippen molar-refractivity contribution in [3.05, 3.63) is 71.0 Å². The molecule has 0 aliphatic carbocycles. The number of rotatable bonds is 6. The summed E-state index contributed by atoms with van der Waals surface area (Å²) >= 11 is 0. The fourth-order valence-electron chi connectivity index (χ4n) is 2.47. The molecule has 0 fully saturated rings. The first-order valence-electron chi connectivity index (χ1n) is 7.74. The SMILES string of the molecule is Cc1ccccc1C(=O)NC(CCN(C)C)c1ccc(F)cc1. The molecule has 0 aromatic heterocycles. The number of halogens is 1. The molecular formula is C19H23FN2O. The number of amides is 1. The van der Waals surface area contributed by atoms with Crippen LogP contribution in [-0.4, -0.2) is 31.4 Å². The minimum Gasteiger partial charge on any atom is -0.345 e. The lowest BCUT2D eigenvalue weighted by atomic mass is 10.0. The molecule has 1 amide bonds. The zero-order chi connectivity index (χ0) is 16.8. The predicted octanol–water partition coefficient (Wildman–Crippen LogP) is 3.56. The van der Waals surface area contributed by atoms with E-state index in [0.29, 0.717) is 5.56 Å². The van der Waals surface area contributed by atoms with Crippen LogP contribution in [0.2, 0.25) is 0 Å². The third-order valence-corrected chi connectivity index (χ3v) is 3.83. The summed E-state index contributed by atoms with van der Waals surface area (Å²) in [5.41, 5.74) is 2.52. The van der Waals surface area contributed by atoms with Gasteiger partial charge in [0, 0.05) is 5.56 Å². The molecule has 122 valence electrons. The molecule has 0 radical (unpaired) electrons. The van der Waals surface area contributed by atoms with Gasteiger partial charge in [0.1, 0.15) is 5.82 Å². The van der Waals surface area contributed by atoms with Crippen LogP contribution in [0.15, 0.2) is 48.5 Å². The topological polar surface area (TPSA) is 32.3 Å². The number of carbonyl (C=O) groups is 1. The van der Waals surface area contributed by atoms with E-state index in [1.54, 1.807) is 12.1 Å². The van der Waals surface area contributed by atoms with Gasteiger partial charge in [-0.2, -0.15) is 0 Å². The molecule has 1 unspecified atom stereocenters. The molecule has 2 rings (SSSR count). The van der Waals surface area contributed by atoms with Gasteiger partial charge in [-0.15, -0.1) is 0 Å². The second kappa shape index (κ2) is 7.88. The van der Waals surface area contributed by atoms with Gasteiger partial charge in [0.05, 0.1) is 6.04 Å². The minimum atomic E-state index is -0.273. The number of nitrogens with one attached hydrogen (secondary N) is 1. The average molecular weight is 314 g/mol. The molecule has 0 bridgehead atoms. The third kappa shape index (κ3) is 4.89. The van der Waals surface area contributed by atoms with E-state index in [0.717, 1.165) is 24.1 Å². The Hall–Kier alpha value is -2.20. The van der Waals surface area contributed by atoms with Crippen LogP contribution in [0.3, 0.4) is 0 Å². The second-order valence-corrected chi connectivity index (χ2v) is 5.98. The Morgan fingerprint density at radius 1 is 1.13 bits per heavy atom. The molecule has 2 aromatic rings. The second-order valence-electron chi connectivity index (χ2n) is 5.98. The standard InChI is InChI=1S/C19H23FN2O/c1-14-6-4-5-7-17(14)19(23)21-18(12-13-22(2)3)15-8-10-16(20)11-9-15/h4-11,18H,12-13H2,1-3H3,(H,21,23). The summed E-state index contributed by atoms with van der Waals surface area (Å²) in [5, 5.41) is 3.08. The number of benzene rings is 2. The average Bonchev–Trinajstić information content (AvgIpc) is 2.52. The zero-order valence-electron chi connectivity index (χ0n) is 13.8. The highest BCUT2D eigenvalue weighted by Gasteiger charge is 2.17. The van der Waals surface area contributed by atoms with E-state index in [9.17, 15) is 9.18 Å². The minimum absolute atomic E-state index is 0.101. The van der Waals surface area contributed by atoms with E-state index in [1.807, 2.05) is 45.3 Å².